The monoisotopic (exact) mass is 337 g/mol. The first-order chi connectivity index (χ1) is 12.3. The summed E-state index contributed by atoms with van der Waals surface area (Å²) in [5.41, 5.74) is 1.85. The van der Waals surface area contributed by atoms with Gasteiger partial charge in [0.2, 0.25) is 0 Å². The Bertz CT molecular complexity index is 711. The van der Waals surface area contributed by atoms with E-state index < -0.39 is 0 Å². The molecule has 2 heterocycles. The number of anilines is 1. The van der Waals surface area contributed by atoms with E-state index >= 15 is 0 Å². The van der Waals surface area contributed by atoms with Gasteiger partial charge in [-0.05, 0) is 36.4 Å². The topological polar surface area (TPSA) is 46.6 Å². The molecule has 0 aliphatic carbocycles. The summed E-state index contributed by atoms with van der Waals surface area (Å²) in [6, 6.07) is 11.8. The average molecular weight is 337 g/mol. The molecule has 1 saturated heterocycles. The molecule has 130 valence electrons. The van der Waals surface area contributed by atoms with Crippen molar-refractivity contribution in [3.63, 3.8) is 0 Å². The standard InChI is InChI=1S/C20H23N3O2/c1-21-20-9-6-18(16-22-20)3-2-17-4-7-19(8-5-17)25-15-12-23-10-13-24-14-11-23/h4-9,16H,10-15H2,1H3,(H,21,22). The van der Waals surface area contributed by atoms with Crippen LogP contribution in [0.25, 0.3) is 0 Å². The minimum Gasteiger partial charge on any atom is -0.492 e. The lowest BCUT2D eigenvalue weighted by Crippen LogP contribution is -2.38. The van der Waals surface area contributed by atoms with Gasteiger partial charge in [0.1, 0.15) is 18.2 Å². The molecule has 1 aromatic carbocycles. The highest BCUT2D eigenvalue weighted by Gasteiger charge is 2.09. The summed E-state index contributed by atoms with van der Waals surface area (Å²) in [7, 11) is 1.85. The summed E-state index contributed by atoms with van der Waals surface area (Å²) in [6.45, 7) is 5.24. The van der Waals surface area contributed by atoms with Gasteiger partial charge in [0.15, 0.2) is 0 Å². The Labute approximate surface area is 149 Å². The molecule has 0 spiro atoms. The average Bonchev–Trinajstić information content (AvgIpc) is 2.68. The summed E-state index contributed by atoms with van der Waals surface area (Å²) in [4.78, 5) is 6.61. The normalized spacial score (nSPS) is 14.4. The molecule has 0 saturated carbocycles. The molecule has 5 nitrogen and oxygen atoms in total. The van der Waals surface area contributed by atoms with Crippen molar-refractivity contribution in [2.75, 3.05) is 51.8 Å². The lowest BCUT2D eigenvalue weighted by Gasteiger charge is -2.26. The van der Waals surface area contributed by atoms with Crippen LogP contribution in [0.2, 0.25) is 0 Å². The van der Waals surface area contributed by atoms with E-state index in [1.54, 1.807) is 6.20 Å². The van der Waals surface area contributed by atoms with Crippen LogP contribution in [0.5, 0.6) is 5.75 Å². The molecule has 0 amide bonds. The molecule has 0 atom stereocenters. The first-order valence-corrected chi connectivity index (χ1v) is 8.52. The second-order valence-corrected chi connectivity index (χ2v) is 5.76. The molecule has 3 rings (SSSR count). The Hall–Kier alpha value is -2.55. The number of benzene rings is 1. The molecule has 0 radical (unpaired) electrons. The van der Waals surface area contributed by atoms with Crippen LogP contribution in [0, 0.1) is 11.8 Å². The fourth-order valence-electron chi connectivity index (χ4n) is 2.51. The summed E-state index contributed by atoms with van der Waals surface area (Å²) in [6.07, 6.45) is 1.77. The van der Waals surface area contributed by atoms with Gasteiger partial charge < -0.3 is 14.8 Å². The van der Waals surface area contributed by atoms with Gasteiger partial charge in [-0.1, -0.05) is 11.8 Å². The predicted molar refractivity (Wildman–Crippen MR) is 99.0 cm³/mol. The molecule has 0 bridgehead atoms. The lowest BCUT2D eigenvalue weighted by molar-refractivity contribution is 0.0322. The van der Waals surface area contributed by atoms with E-state index in [9.17, 15) is 0 Å². The van der Waals surface area contributed by atoms with E-state index in [-0.39, 0.29) is 0 Å². The van der Waals surface area contributed by atoms with Gasteiger partial charge in [-0.15, -0.1) is 0 Å². The summed E-state index contributed by atoms with van der Waals surface area (Å²) in [5, 5.41) is 2.99. The molecule has 1 aliphatic heterocycles. The molecule has 1 aliphatic rings. The molecule has 5 heteroatoms. The number of nitrogens with zero attached hydrogens (tertiary/aromatic N) is 2. The molecule has 0 unspecified atom stereocenters. The molecule has 1 N–H and O–H groups in total. The van der Waals surface area contributed by atoms with Crippen molar-refractivity contribution in [3.8, 4) is 17.6 Å². The molecule has 1 fully saturated rings. The molecular weight excluding hydrogens is 314 g/mol. The smallest absolute Gasteiger partial charge is 0.125 e. The van der Waals surface area contributed by atoms with Crippen molar-refractivity contribution >= 4 is 5.82 Å². The number of morpholine rings is 1. The summed E-state index contributed by atoms with van der Waals surface area (Å²) >= 11 is 0. The highest BCUT2D eigenvalue weighted by atomic mass is 16.5. The first kappa shape index (κ1) is 17.3. The number of hydrogen-bond donors (Lipinski definition) is 1. The minimum atomic E-state index is 0.689. The number of nitrogens with one attached hydrogen (secondary N) is 1. The van der Waals surface area contributed by atoms with E-state index in [2.05, 4.69) is 27.0 Å². The van der Waals surface area contributed by atoms with E-state index in [4.69, 9.17) is 9.47 Å². The Morgan fingerprint density at radius 3 is 2.48 bits per heavy atom. The third-order valence-electron chi connectivity index (χ3n) is 4.01. The number of pyridine rings is 1. The summed E-state index contributed by atoms with van der Waals surface area (Å²) < 4.78 is 11.1. The van der Waals surface area contributed by atoms with Crippen LogP contribution >= 0.6 is 0 Å². The van der Waals surface area contributed by atoms with Gasteiger partial charge >= 0.3 is 0 Å². The Kier molecular flexibility index (Phi) is 6.27. The van der Waals surface area contributed by atoms with Crippen LogP contribution in [-0.2, 0) is 4.74 Å². The van der Waals surface area contributed by atoms with E-state index in [0.717, 1.165) is 55.5 Å². The molecule has 1 aromatic heterocycles. The minimum absolute atomic E-state index is 0.689. The van der Waals surface area contributed by atoms with Crippen molar-refractivity contribution in [1.29, 1.82) is 0 Å². The maximum Gasteiger partial charge on any atom is 0.125 e. The second kappa shape index (κ2) is 9.07. The van der Waals surface area contributed by atoms with E-state index in [1.807, 2.05) is 43.4 Å². The summed E-state index contributed by atoms with van der Waals surface area (Å²) in [5.74, 6) is 7.97. The zero-order valence-electron chi connectivity index (χ0n) is 14.5. The van der Waals surface area contributed by atoms with Gasteiger partial charge in [0.25, 0.3) is 0 Å². The van der Waals surface area contributed by atoms with Crippen molar-refractivity contribution < 1.29 is 9.47 Å². The van der Waals surface area contributed by atoms with Gasteiger partial charge in [-0.2, -0.15) is 0 Å². The van der Waals surface area contributed by atoms with Gasteiger partial charge in [0, 0.05) is 44.0 Å². The second-order valence-electron chi connectivity index (χ2n) is 5.76. The van der Waals surface area contributed by atoms with Crippen molar-refractivity contribution in [1.82, 2.24) is 9.88 Å². The fourth-order valence-corrected chi connectivity index (χ4v) is 2.51. The third kappa shape index (κ3) is 5.49. The first-order valence-electron chi connectivity index (χ1n) is 8.52. The fraction of sp³-hybridized carbons (Fsp3) is 0.350. The zero-order chi connectivity index (χ0) is 17.3. The Morgan fingerprint density at radius 2 is 1.80 bits per heavy atom. The molecule has 25 heavy (non-hydrogen) atoms. The van der Waals surface area contributed by atoms with Gasteiger partial charge in [0.05, 0.1) is 13.2 Å². The van der Waals surface area contributed by atoms with E-state index in [0.29, 0.717) is 6.61 Å². The van der Waals surface area contributed by atoms with Gasteiger partial charge in [-0.25, -0.2) is 4.98 Å². The highest BCUT2D eigenvalue weighted by Crippen LogP contribution is 2.12. The number of ether oxygens (including phenoxy) is 2. The van der Waals surface area contributed by atoms with Crippen LogP contribution in [0.15, 0.2) is 42.6 Å². The van der Waals surface area contributed by atoms with Gasteiger partial charge in [-0.3, -0.25) is 4.90 Å². The van der Waals surface area contributed by atoms with Crippen molar-refractivity contribution in [2.45, 2.75) is 0 Å². The zero-order valence-corrected chi connectivity index (χ0v) is 14.5. The number of aromatic nitrogens is 1. The Morgan fingerprint density at radius 1 is 1.08 bits per heavy atom. The van der Waals surface area contributed by atoms with Crippen molar-refractivity contribution in [3.05, 3.63) is 53.7 Å². The Balaban J connectivity index is 1.49. The highest BCUT2D eigenvalue weighted by molar-refractivity contribution is 5.45. The maximum absolute atomic E-state index is 5.80. The van der Waals surface area contributed by atoms with Crippen LogP contribution in [-0.4, -0.2) is 56.4 Å². The van der Waals surface area contributed by atoms with Crippen LogP contribution in [0.1, 0.15) is 11.1 Å². The van der Waals surface area contributed by atoms with Crippen molar-refractivity contribution in [2.24, 2.45) is 0 Å². The quantitative estimate of drug-likeness (QED) is 0.848. The van der Waals surface area contributed by atoms with Crippen LogP contribution in [0.3, 0.4) is 0 Å². The molecule has 2 aromatic rings. The molecular formula is C20H23N3O2. The third-order valence-corrected chi connectivity index (χ3v) is 4.01. The van der Waals surface area contributed by atoms with Crippen LogP contribution < -0.4 is 10.1 Å². The number of rotatable bonds is 5. The predicted octanol–water partition coefficient (Wildman–Crippen LogP) is 2.23. The maximum atomic E-state index is 5.80. The number of hydrogen-bond acceptors (Lipinski definition) is 5. The largest absolute Gasteiger partial charge is 0.492 e. The SMILES string of the molecule is CNc1ccc(C#Cc2ccc(OCCN3CCOCC3)cc2)cn1. The van der Waals surface area contributed by atoms with E-state index in [1.165, 1.54) is 0 Å². The lowest BCUT2D eigenvalue weighted by atomic mass is 10.2. The van der Waals surface area contributed by atoms with Crippen LogP contribution in [0.4, 0.5) is 5.82 Å².